The van der Waals surface area contributed by atoms with E-state index in [1.54, 1.807) is 0 Å². The Hall–Kier alpha value is -7.36. The van der Waals surface area contributed by atoms with Crippen LogP contribution in [0.4, 0.5) is 17.1 Å². The standard InChI is InChI=1S/C54H35NO2/c1-54(48-19-8-5-16-42(48)43-17-6-9-20-49(43)54)38-14-11-15-40(32-38)55(39-24-22-35(23-25-39)34-12-3-2-4-13-34)41-26-27-51-47(33-41)46-29-37-30-52-45(28-36(37)31-53(46)57-51)44-18-7-10-21-50(44)56-52/h2-33H,1H3. The highest BCUT2D eigenvalue weighted by atomic mass is 16.3. The molecule has 268 valence electrons. The molecule has 0 spiro atoms. The molecular weight excluding hydrogens is 695 g/mol. The van der Waals surface area contributed by atoms with Crippen LogP contribution in [0.2, 0.25) is 0 Å². The van der Waals surface area contributed by atoms with Gasteiger partial charge in [-0.2, -0.15) is 0 Å². The molecule has 2 aromatic heterocycles. The van der Waals surface area contributed by atoms with Gasteiger partial charge in [0.15, 0.2) is 0 Å². The molecule has 1 aliphatic rings. The first-order chi connectivity index (χ1) is 28.1. The van der Waals surface area contributed by atoms with Crippen LogP contribution >= 0.6 is 0 Å². The van der Waals surface area contributed by atoms with Gasteiger partial charge < -0.3 is 13.7 Å². The highest BCUT2D eigenvalue weighted by Gasteiger charge is 2.40. The van der Waals surface area contributed by atoms with E-state index in [9.17, 15) is 0 Å². The molecule has 0 amide bonds. The third-order valence-electron chi connectivity index (χ3n) is 12.3. The maximum atomic E-state index is 6.58. The van der Waals surface area contributed by atoms with Gasteiger partial charge in [0.05, 0.1) is 0 Å². The minimum absolute atomic E-state index is 0.316. The number of nitrogens with zero attached hydrogens (tertiary/aromatic N) is 1. The lowest BCUT2D eigenvalue weighted by Gasteiger charge is -2.31. The Morgan fingerprint density at radius 3 is 1.63 bits per heavy atom. The van der Waals surface area contributed by atoms with Gasteiger partial charge in [0.25, 0.3) is 0 Å². The van der Waals surface area contributed by atoms with Gasteiger partial charge in [0.2, 0.25) is 0 Å². The number of anilines is 3. The fourth-order valence-corrected chi connectivity index (χ4v) is 9.47. The molecule has 0 bridgehead atoms. The Kier molecular flexibility index (Phi) is 6.76. The van der Waals surface area contributed by atoms with E-state index in [1.807, 2.05) is 12.1 Å². The molecule has 0 atom stereocenters. The topological polar surface area (TPSA) is 29.5 Å². The summed E-state index contributed by atoms with van der Waals surface area (Å²) >= 11 is 0. The molecule has 3 heteroatoms. The van der Waals surface area contributed by atoms with Crippen LogP contribution in [0.5, 0.6) is 0 Å². The van der Waals surface area contributed by atoms with Crippen molar-refractivity contribution >= 4 is 71.7 Å². The molecule has 0 saturated heterocycles. The summed E-state index contributed by atoms with van der Waals surface area (Å²) in [6.07, 6.45) is 0. The van der Waals surface area contributed by atoms with Gasteiger partial charge in [-0.3, -0.25) is 0 Å². The van der Waals surface area contributed by atoms with E-state index in [1.165, 1.54) is 38.9 Å². The highest BCUT2D eigenvalue weighted by Crippen LogP contribution is 2.53. The first-order valence-corrected chi connectivity index (χ1v) is 19.6. The summed E-state index contributed by atoms with van der Waals surface area (Å²) in [5.41, 5.74) is 15.3. The van der Waals surface area contributed by atoms with Crippen molar-refractivity contribution in [2.45, 2.75) is 12.3 Å². The van der Waals surface area contributed by atoms with Crippen LogP contribution in [0.25, 0.3) is 76.9 Å². The molecule has 1 aliphatic carbocycles. The second kappa shape index (κ2) is 12.1. The first-order valence-electron chi connectivity index (χ1n) is 19.6. The highest BCUT2D eigenvalue weighted by molar-refractivity contribution is 6.15. The summed E-state index contributed by atoms with van der Waals surface area (Å²) in [5, 5.41) is 6.64. The zero-order valence-corrected chi connectivity index (χ0v) is 31.2. The lowest BCUT2D eigenvalue weighted by Crippen LogP contribution is -2.23. The van der Waals surface area contributed by atoms with E-state index in [-0.39, 0.29) is 5.41 Å². The van der Waals surface area contributed by atoms with E-state index in [2.05, 4.69) is 194 Å². The molecule has 0 unspecified atom stereocenters. The summed E-state index contributed by atoms with van der Waals surface area (Å²) in [6.45, 7) is 2.38. The molecule has 0 aliphatic heterocycles. The van der Waals surface area contributed by atoms with Gasteiger partial charge in [-0.15, -0.1) is 0 Å². The zero-order valence-electron chi connectivity index (χ0n) is 31.2. The monoisotopic (exact) mass is 729 g/mol. The molecule has 9 aromatic carbocycles. The Morgan fingerprint density at radius 1 is 0.368 bits per heavy atom. The summed E-state index contributed by atoms with van der Waals surface area (Å²) in [5.74, 6) is 0. The van der Waals surface area contributed by atoms with Crippen molar-refractivity contribution in [2.75, 3.05) is 4.90 Å². The van der Waals surface area contributed by atoms with Crippen molar-refractivity contribution in [1.29, 1.82) is 0 Å². The average molecular weight is 730 g/mol. The number of fused-ring (bicyclic) bond motifs is 10. The van der Waals surface area contributed by atoms with Crippen LogP contribution in [0.3, 0.4) is 0 Å². The number of benzene rings is 9. The second-order valence-corrected chi connectivity index (χ2v) is 15.4. The van der Waals surface area contributed by atoms with E-state index in [0.29, 0.717) is 0 Å². The molecule has 0 fully saturated rings. The van der Waals surface area contributed by atoms with Crippen molar-refractivity contribution in [3.05, 3.63) is 211 Å². The number of rotatable bonds is 5. The van der Waals surface area contributed by atoms with Crippen LogP contribution in [0, 0.1) is 0 Å². The number of para-hydroxylation sites is 1. The van der Waals surface area contributed by atoms with Crippen molar-refractivity contribution in [3.63, 3.8) is 0 Å². The van der Waals surface area contributed by atoms with Crippen LogP contribution in [-0.2, 0) is 5.41 Å². The first kappa shape index (κ1) is 31.9. The predicted octanol–water partition coefficient (Wildman–Crippen LogP) is 15.1. The molecule has 57 heavy (non-hydrogen) atoms. The van der Waals surface area contributed by atoms with Gasteiger partial charge in [-0.25, -0.2) is 0 Å². The Labute approximate surface area is 329 Å². The van der Waals surface area contributed by atoms with E-state index >= 15 is 0 Å². The van der Waals surface area contributed by atoms with Gasteiger partial charge in [0.1, 0.15) is 22.3 Å². The summed E-state index contributed by atoms with van der Waals surface area (Å²) in [7, 11) is 0. The maximum absolute atomic E-state index is 6.58. The van der Waals surface area contributed by atoms with Crippen LogP contribution in [0.1, 0.15) is 23.6 Å². The Balaban J connectivity index is 1.04. The number of hydrogen-bond acceptors (Lipinski definition) is 3. The van der Waals surface area contributed by atoms with Crippen molar-refractivity contribution in [3.8, 4) is 22.3 Å². The van der Waals surface area contributed by atoms with Crippen LogP contribution in [0.15, 0.2) is 203 Å². The SMILES string of the molecule is CC1(c2cccc(N(c3ccc(-c4ccccc4)cc3)c3ccc4oc5cc6cc7c(cc6cc5c4c3)oc3ccccc37)c2)c2ccccc2-c2ccccc21. The normalized spacial score (nSPS) is 13.1. The van der Waals surface area contributed by atoms with Crippen LogP contribution in [-0.4, -0.2) is 0 Å². The molecule has 0 saturated carbocycles. The molecular formula is C54H35NO2. The molecule has 2 heterocycles. The Morgan fingerprint density at radius 2 is 0.912 bits per heavy atom. The minimum atomic E-state index is -0.316. The smallest absolute Gasteiger partial charge is 0.136 e. The lowest BCUT2D eigenvalue weighted by molar-refractivity contribution is 0.668. The quantitative estimate of drug-likeness (QED) is 0.177. The zero-order chi connectivity index (χ0) is 37.7. The summed E-state index contributed by atoms with van der Waals surface area (Å²) in [6, 6.07) is 70.0. The van der Waals surface area contributed by atoms with Gasteiger partial charge in [0, 0.05) is 44.0 Å². The summed E-state index contributed by atoms with van der Waals surface area (Å²) < 4.78 is 12.9. The number of hydrogen-bond donors (Lipinski definition) is 0. The summed E-state index contributed by atoms with van der Waals surface area (Å²) in [4.78, 5) is 2.38. The number of furan rings is 2. The fourth-order valence-electron chi connectivity index (χ4n) is 9.47. The van der Waals surface area contributed by atoms with E-state index in [4.69, 9.17) is 8.83 Å². The minimum Gasteiger partial charge on any atom is -0.456 e. The van der Waals surface area contributed by atoms with Crippen LogP contribution < -0.4 is 4.90 Å². The Bertz CT molecular complexity index is 3320. The third-order valence-corrected chi connectivity index (χ3v) is 12.3. The fraction of sp³-hybridized carbons (Fsp3) is 0.0370. The molecule has 11 aromatic rings. The molecule has 12 rings (SSSR count). The predicted molar refractivity (Wildman–Crippen MR) is 236 cm³/mol. The lowest BCUT2D eigenvalue weighted by atomic mass is 9.74. The largest absolute Gasteiger partial charge is 0.456 e. The van der Waals surface area contributed by atoms with Gasteiger partial charge in [-0.1, -0.05) is 121 Å². The average Bonchev–Trinajstić information content (AvgIpc) is 3.90. The van der Waals surface area contributed by atoms with Crippen molar-refractivity contribution in [2.24, 2.45) is 0 Å². The third kappa shape index (κ3) is 4.79. The van der Waals surface area contributed by atoms with E-state index < -0.39 is 0 Å². The van der Waals surface area contributed by atoms with Crippen molar-refractivity contribution < 1.29 is 8.83 Å². The molecule has 0 N–H and O–H groups in total. The van der Waals surface area contributed by atoms with E-state index in [0.717, 1.165) is 71.7 Å². The molecule has 0 radical (unpaired) electrons. The second-order valence-electron chi connectivity index (χ2n) is 15.4. The van der Waals surface area contributed by atoms with Gasteiger partial charge >= 0.3 is 0 Å². The maximum Gasteiger partial charge on any atom is 0.136 e. The van der Waals surface area contributed by atoms with Crippen molar-refractivity contribution in [1.82, 2.24) is 0 Å². The van der Waals surface area contributed by atoms with Gasteiger partial charge in [-0.05, 0) is 129 Å². The molecule has 3 nitrogen and oxygen atoms in total.